The standard InChI is InChI=1S/C10H16F3NO4/c1-3-4-5-18-8(16)7(6(2)15)14-9(17)10(11,12)13/h6-7,15H,3-5H2,1-2H3,(H,14,17). The summed E-state index contributed by atoms with van der Waals surface area (Å²) < 4.78 is 40.6. The molecule has 0 saturated carbocycles. The Hall–Kier alpha value is -1.31. The predicted octanol–water partition coefficient (Wildman–Crippen LogP) is 0.758. The van der Waals surface area contributed by atoms with Crippen molar-refractivity contribution in [1.82, 2.24) is 5.32 Å². The van der Waals surface area contributed by atoms with E-state index < -0.39 is 30.2 Å². The first-order chi connectivity index (χ1) is 8.20. The molecule has 0 aromatic heterocycles. The summed E-state index contributed by atoms with van der Waals surface area (Å²) in [6.45, 7) is 2.95. The van der Waals surface area contributed by atoms with E-state index in [1.54, 1.807) is 0 Å². The number of aliphatic hydroxyl groups excluding tert-OH is 1. The lowest BCUT2D eigenvalue weighted by Gasteiger charge is -2.20. The molecular formula is C10H16F3NO4. The molecule has 0 aliphatic heterocycles. The van der Waals surface area contributed by atoms with E-state index in [-0.39, 0.29) is 6.61 Å². The van der Waals surface area contributed by atoms with Gasteiger partial charge in [0.15, 0.2) is 6.04 Å². The van der Waals surface area contributed by atoms with Gasteiger partial charge in [-0.1, -0.05) is 13.3 Å². The van der Waals surface area contributed by atoms with E-state index in [9.17, 15) is 27.9 Å². The maximum absolute atomic E-state index is 12.0. The summed E-state index contributed by atoms with van der Waals surface area (Å²) in [7, 11) is 0. The molecular weight excluding hydrogens is 255 g/mol. The third kappa shape index (κ3) is 5.85. The van der Waals surface area contributed by atoms with Crippen LogP contribution in [0.15, 0.2) is 0 Å². The van der Waals surface area contributed by atoms with Gasteiger partial charge in [0.25, 0.3) is 0 Å². The summed E-state index contributed by atoms with van der Waals surface area (Å²) in [4.78, 5) is 22.0. The Balaban J connectivity index is 4.48. The molecule has 1 amide bonds. The highest BCUT2D eigenvalue weighted by atomic mass is 19.4. The van der Waals surface area contributed by atoms with Crippen molar-refractivity contribution in [3.63, 3.8) is 0 Å². The van der Waals surface area contributed by atoms with Crippen LogP contribution in [0.5, 0.6) is 0 Å². The second-order valence-electron chi connectivity index (χ2n) is 3.71. The summed E-state index contributed by atoms with van der Waals surface area (Å²) in [5.74, 6) is -3.38. The molecule has 2 N–H and O–H groups in total. The van der Waals surface area contributed by atoms with Crippen molar-refractivity contribution >= 4 is 11.9 Å². The van der Waals surface area contributed by atoms with Gasteiger partial charge < -0.3 is 15.2 Å². The Bertz CT molecular complexity index is 291. The number of carbonyl (C=O) groups excluding carboxylic acids is 2. The van der Waals surface area contributed by atoms with Crippen molar-refractivity contribution in [2.24, 2.45) is 0 Å². The van der Waals surface area contributed by atoms with Gasteiger partial charge in [-0.15, -0.1) is 0 Å². The van der Waals surface area contributed by atoms with Crippen molar-refractivity contribution in [3.05, 3.63) is 0 Å². The number of carbonyl (C=O) groups is 2. The predicted molar refractivity (Wildman–Crippen MR) is 55.5 cm³/mol. The van der Waals surface area contributed by atoms with Crippen LogP contribution in [0.3, 0.4) is 0 Å². The first kappa shape index (κ1) is 16.7. The first-order valence-corrected chi connectivity index (χ1v) is 5.42. The van der Waals surface area contributed by atoms with Crippen molar-refractivity contribution in [2.75, 3.05) is 6.61 Å². The molecule has 0 spiro atoms. The lowest BCUT2D eigenvalue weighted by atomic mass is 10.2. The number of unbranched alkanes of at least 4 members (excludes halogenated alkanes) is 1. The fraction of sp³-hybridized carbons (Fsp3) is 0.800. The monoisotopic (exact) mass is 271 g/mol. The largest absolute Gasteiger partial charge is 0.471 e. The van der Waals surface area contributed by atoms with Crippen LogP contribution in [0.2, 0.25) is 0 Å². The Morgan fingerprint density at radius 1 is 1.39 bits per heavy atom. The molecule has 0 aromatic carbocycles. The smallest absolute Gasteiger partial charge is 0.464 e. The van der Waals surface area contributed by atoms with Gasteiger partial charge in [0.2, 0.25) is 0 Å². The van der Waals surface area contributed by atoms with Crippen molar-refractivity contribution < 1.29 is 32.6 Å². The SMILES string of the molecule is CCCCOC(=O)C(NC(=O)C(F)(F)F)C(C)O. The normalized spacial score (nSPS) is 14.8. The van der Waals surface area contributed by atoms with Gasteiger partial charge in [-0.2, -0.15) is 13.2 Å². The van der Waals surface area contributed by atoms with E-state index in [0.717, 1.165) is 13.3 Å². The fourth-order valence-corrected chi connectivity index (χ4v) is 1.01. The Morgan fingerprint density at radius 3 is 2.33 bits per heavy atom. The quantitative estimate of drug-likeness (QED) is 0.552. The molecule has 5 nitrogen and oxygen atoms in total. The second-order valence-corrected chi connectivity index (χ2v) is 3.71. The van der Waals surface area contributed by atoms with Gasteiger partial charge in [0.1, 0.15) is 0 Å². The molecule has 106 valence electrons. The van der Waals surface area contributed by atoms with Gasteiger partial charge >= 0.3 is 18.1 Å². The molecule has 0 fully saturated rings. The zero-order chi connectivity index (χ0) is 14.3. The van der Waals surface area contributed by atoms with E-state index in [2.05, 4.69) is 4.74 Å². The molecule has 2 atom stereocenters. The van der Waals surface area contributed by atoms with Crippen LogP contribution in [0.1, 0.15) is 26.7 Å². The Morgan fingerprint density at radius 2 is 1.94 bits per heavy atom. The van der Waals surface area contributed by atoms with Crippen LogP contribution in [0, 0.1) is 0 Å². The number of alkyl halides is 3. The van der Waals surface area contributed by atoms with Crippen LogP contribution in [-0.2, 0) is 14.3 Å². The first-order valence-electron chi connectivity index (χ1n) is 5.42. The number of nitrogens with one attached hydrogen (secondary N) is 1. The van der Waals surface area contributed by atoms with Gasteiger partial charge in [-0.3, -0.25) is 4.79 Å². The molecule has 0 heterocycles. The molecule has 0 radical (unpaired) electrons. The van der Waals surface area contributed by atoms with Crippen molar-refractivity contribution in [3.8, 4) is 0 Å². The van der Waals surface area contributed by atoms with Gasteiger partial charge in [0.05, 0.1) is 12.7 Å². The Labute approximate surface area is 102 Å². The number of ether oxygens (including phenoxy) is 1. The molecule has 2 unspecified atom stereocenters. The zero-order valence-corrected chi connectivity index (χ0v) is 10.1. The Kier molecular flexibility index (Phi) is 6.67. The van der Waals surface area contributed by atoms with Gasteiger partial charge in [-0.05, 0) is 13.3 Å². The number of halogens is 3. The van der Waals surface area contributed by atoms with Crippen molar-refractivity contribution in [1.29, 1.82) is 0 Å². The average Bonchev–Trinajstić information content (AvgIpc) is 2.23. The van der Waals surface area contributed by atoms with Gasteiger partial charge in [0, 0.05) is 0 Å². The van der Waals surface area contributed by atoms with Gasteiger partial charge in [-0.25, -0.2) is 4.79 Å². The maximum Gasteiger partial charge on any atom is 0.471 e. The van der Waals surface area contributed by atoms with E-state index in [1.807, 2.05) is 6.92 Å². The summed E-state index contributed by atoms with van der Waals surface area (Å²) in [6, 6.07) is -1.73. The van der Waals surface area contributed by atoms with E-state index in [0.29, 0.717) is 6.42 Å². The van der Waals surface area contributed by atoms with Crippen molar-refractivity contribution in [2.45, 2.75) is 45.0 Å². The molecule has 0 bridgehead atoms. The lowest BCUT2D eigenvalue weighted by Crippen LogP contribution is -2.52. The molecule has 0 rings (SSSR count). The number of amides is 1. The van der Waals surface area contributed by atoms with Crippen LogP contribution in [-0.4, -0.2) is 41.9 Å². The lowest BCUT2D eigenvalue weighted by molar-refractivity contribution is -0.177. The topological polar surface area (TPSA) is 75.6 Å². The third-order valence-electron chi connectivity index (χ3n) is 2.02. The highest BCUT2D eigenvalue weighted by Crippen LogP contribution is 2.15. The fourth-order valence-electron chi connectivity index (χ4n) is 1.01. The van der Waals surface area contributed by atoms with Crippen LogP contribution < -0.4 is 5.32 Å². The molecule has 8 heteroatoms. The minimum atomic E-state index is -5.11. The van der Waals surface area contributed by atoms with Crippen LogP contribution in [0.25, 0.3) is 0 Å². The molecule has 0 saturated heterocycles. The van der Waals surface area contributed by atoms with E-state index in [4.69, 9.17) is 0 Å². The minimum Gasteiger partial charge on any atom is -0.464 e. The number of esters is 1. The molecule has 0 aliphatic carbocycles. The van der Waals surface area contributed by atoms with E-state index in [1.165, 1.54) is 5.32 Å². The third-order valence-corrected chi connectivity index (χ3v) is 2.02. The highest BCUT2D eigenvalue weighted by Gasteiger charge is 2.42. The minimum absolute atomic E-state index is 0.0282. The van der Waals surface area contributed by atoms with Crippen LogP contribution >= 0.6 is 0 Å². The molecule has 18 heavy (non-hydrogen) atoms. The second kappa shape index (κ2) is 7.20. The number of hydrogen-bond donors (Lipinski definition) is 2. The summed E-state index contributed by atoms with van der Waals surface area (Å²) in [5.41, 5.74) is 0. The summed E-state index contributed by atoms with van der Waals surface area (Å²) in [6.07, 6.45) is -5.31. The highest BCUT2D eigenvalue weighted by molar-refractivity contribution is 5.87. The average molecular weight is 271 g/mol. The number of rotatable bonds is 6. The summed E-state index contributed by atoms with van der Waals surface area (Å²) >= 11 is 0. The maximum atomic E-state index is 12.0. The number of hydrogen-bond acceptors (Lipinski definition) is 4. The zero-order valence-electron chi connectivity index (χ0n) is 10.1. The van der Waals surface area contributed by atoms with E-state index >= 15 is 0 Å². The van der Waals surface area contributed by atoms with Crippen LogP contribution in [0.4, 0.5) is 13.2 Å². The molecule has 0 aromatic rings. The summed E-state index contributed by atoms with van der Waals surface area (Å²) in [5, 5.41) is 10.6. The molecule has 0 aliphatic rings. The number of aliphatic hydroxyl groups is 1.